The summed E-state index contributed by atoms with van der Waals surface area (Å²) in [6.45, 7) is 10.4. The van der Waals surface area contributed by atoms with Gasteiger partial charge in [0.15, 0.2) is 0 Å². The van der Waals surface area contributed by atoms with E-state index in [9.17, 15) is 9.59 Å². The van der Waals surface area contributed by atoms with Gasteiger partial charge >= 0.3 is 12.1 Å². The predicted octanol–water partition coefficient (Wildman–Crippen LogP) is 7.81. The van der Waals surface area contributed by atoms with Crippen LogP contribution >= 0.6 is 0 Å². The van der Waals surface area contributed by atoms with E-state index in [-0.39, 0.29) is 5.57 Å². The molecule has 1 amide bonds. The summed E-state index contributed by atoms with van der Waals surface area (Å²) < 4.78 is 4.79. The molecule has 170 valence electrons. The van der Waals surface area contributed by atoms with E-state index >= 15 is 0 Å². The van der Waals surface area contributed by atoms with Crippen LogP contribution in [0.15, 0.2) is 12.2 Å². The maximum absolute atomic E-state index is 11.9. The van der Waals surface area contributed by atoms with Crippen LogP contribution in [0.4, 0.5) is 4.79 Å². The second-order valence-corrected chi connectivity index (χ2v) is 8.32. The third kappa shape index (κ3) is 17.3. The van der Waals surface area contributed by atoms with Gasteiger partial charge in [-0.15, -0.1) is 0 Å². The summed E-state index contributed by atoms with van der Waals surface area (Å²) in [6.07, 6.45) is 20.7. The molecule has 0 aliphatic carbocycles. The zero-order valence-corrected chi connectivity index (χ0v) is 19.6. The SMILES string of the molecule is C=C(C)C(=O)OC(=O)N(CC)CCCCCCCCCCCCCCCCCC. The first kappa shape index (κ1) is 27.7. The minimum absolute atomic E-state index is 0.247. The summed E-state index contributed by atoms with van der Waals surface area (Å²) in [5.41, 5.74) is 0.247. The van der Waals surface area contributed by atoms with Gasteiger partial charge in [-0.1, -0.05) is 110 Å². The van der Waals surface area contributed by atoms with Crippen molar-refractivity contribution in [1.29, 1.82) is 0 Å². The van der Waals surface area contributed by atoms with Gasteiger partial charge in [-0.05, 0) is 20.3 Å². The Morgan fingerprint density at radius 3 is 1.41 bits per heavy atom. The molecule has 0 spiro atoms. The maximum Gasteiger partial charge on any atom is 0.417 e. The molecule has 0 rings (SSSR count). The Bertz CT molecular complexity index is 434. The first-order valence-electron chi connectivity index (χ1n) is 12.2. The smallest absolute Gasteiger partial charge is 0.373 e. The molecule has 0 radical (unpaired) electrons. The van der Waals surface area contributed by atoms with Crippen LogP contribution < -0.4 is 0 Å². The molecule has 0 N–H and O–H groups in total. The monoisotopic (exact) mass is 409 g/mol. The van der Waals surface area contributed by atoms with E-state index in [4.69, 9.17) is 4.74 Å². The second kappa shape index (κ2) is 20.0. The van der Waals surface area contributed by atoms with E-state index in [0.29, 0.717) is 13.1 Å². The number of nitrogens with zero attached hydrogens (tertiary/aromatic N) is 1. The van der Waals surface area contributed by atoms with Gasteiger partial charge in [0.05, 0.1) is 0 Å². The molecule has 0 bridgehead atoms. The van der Waals surface area contributed by atoms with Crippen molar-refractivity contribution >= 4 is 12.1 Å². The molecule has 0 heterocycles. The lowest BCUT2D eigenvalue weighted by Gasteiger charge is -2.19. The zero-order valence-electron chi connectivity index (χ0n) is 19.6. The number of unbranched alkanes of at least 4 members (excludes halogenated alkanes) is 15. The first-order valence-corrected chi connectivity index (χ1v) is 12.2. The lowest BCUT2D eigenvalue weighted by molar-refractivity contribution is -0.133. The molecule has 0 aliphatic heterocycles. The Labute approximate surface area is 180 Å². The fourth-order valence-corrected chi connectivity index (χ4v) is 3.46. The van der Waals surface area contributed by atoms with Gasteiger partial charge < -0.3 is 9.64 Å². The number of carbonyl (C=O) groups is 2. The Balaban J connectivity index is 3.44. The number of ether oxygens (including phenoxy) is 1. The topological polar surface area (TPSA) is 46.6 Å². The number of rotatable bonds is 19. The van der Waals surface area contributed by atoms with Crippen LogP contribution in [0.5, 0.6) is 0 Å². The van der Waals surface area contributed by atoms with Crippen LogP contribution in [0.1, 0.15) is 124 Å². The van der Waals surface area contributed by atoms with Crippen LogP contribution in [0.2, 0.25) is 0 Å². The van der Waals surface area contributed by atoms with Gasteiger partial charge in [0, 0.05) is 18.7 Å². The van der Waals surface area contributed by atoms with Gasteiger partial charge in [-0.2, -0.15) is 0 Å². The van der Waals surface area contributed by atoms with Crippen molar-refractivity contribution in [2.75, 3.05) is 13.1 Å². The van der Waals surface area contributed by atoms with Gasteiger partial charge in [0.1, 0.15) is 0 Å². The number of carbonyl (C=O) groups excluding carboxylic acids is 2. The fraction of sp³-hybridized carbons (Fsp3) is 0.840. The van der Waals surface area contributed by atoms with Crippen molar-refractivity contribution in [3.63, 3.8) is 0 Å². The lowest BCUT2D eigenvalue weighted by Crippen LogP contribution is -2.34. The molecular weight excluding hydrogens is 362 g/mol. The largest absolute Gasteiger partial charge is 0.417 e. The molecule has 0 aliphatic rings. The second-order valence-electron chi connectivity index (χ2n) is 8.32. The van der Waals surface area contributed by atoms with Crippen molar-refractivity contribution in [3.8, 4) is 0 Å². The van der Waals surface area contributed by atoms with Crippen molar-refractivity contribution in [2.45, 2.75) is 124 Å². The van der Waals surface area contributed by atoms with Gasteiger partial charge in [0.2, 0.25) is 0 Å². The quantitative estimate of drug-likeness (QED) is 0.0945. The Kier molecular flexibility index (Phi) is 19.1. The van der Waals surface area contributed by atoms with E-state index < -0.39 is 12.1 Å². The summed E-state index contributed by atoms with van der Waals surface area (Å²) in [5.74, 6) is -0.638. The highest BCUT2D eigenvalue weighted by molar-refractivity contribution is 5.94. The first-order chi connectivity index (χ1) is 14.0. The molecule has 0 aromatic heterocycles. The van der Waals surface area contributed by atoms with Gasteiger partial charge in [-0.3, -0.25) is 0 Å². The Hall–Kier alpha value is -1.32. The van der Waals surface area contributed by atoms with Crippen molar-refractivity contribution in [2.24, 2.45) is 0 Å². The summed E-state index contributed by atoms with van der Waals surface area (Å²) in [7, 11) is 0. The molecule has 0 aromatic carbocycles. The summed E-state index contributed by atoms with van der Waals surface area (Å²) in [5, 5.41) is 0. The third-order valence-electron chi connectivity index (χ3n) is 5.45. The van der Waals surface area contributed by atoms with Crippen LogP contribution in [-0.4, -0.2) is 30.1 Å². The van der Waals surface area contributed by atoms with E-state index in [1.54, 1.807) is 11.8 Å². The number of hydrogen-bond donors (Lipinski definition) is 0. The number of esters is 1. The van der Waals surface area contributed by atoms with E-state index in [1.807, 2.05) is 6.92 Å². The van der Waals surface area contributed by atoms with Crippen LogP contribution in [0.25, 0.3) is 0 Å². The summed E-state index contributed by atoms with van der Waals surface area (Å²) >= 11 is 0. The van der Waals surface area contributed by atoms with Gasteiger partial charge in [-0.25, -0.2) is 9.59 Å². The van der Waals surface area contributed by atoms with Crippen LogP contribution in [0, 0.1) is 0 Å². The molecule has 4 heteroatoms. The molecule has 0 fully saturated rings. The van der Waals surface area contributed by atoms with Crippen molar-refractivity contribution < 1.29 is 14.3 Å². The highest BCUT2D eigenvalue weighted by atomic mass is 16.6. The Morgan fingerprint density at radius 2 is 1.07 bits per heavy atom. The van der Waals surface area contributed by atoms with E-state index in [2.05, 4.69) is 13.5 Å². The molecule has 0 atom stereocenters. The van der Waals surface area contributed by atoms with Crippen LogP contribution in [0.3, 0.4) is 0 Å². The van der Waals surface area contributed by atoms with Gasteiger partial charge in [0.25, 0.3) is 0 Å². The zero-order chi connectivity index (χ0) is 21.7. The van der Waals surface area contributed by atoms with Crippen molar-refractivity contribution in [1.82, 2.24) is 4.90 Å². The highest BCUT2D eigenvalue weighted by Gasteiger charge is 2.17. The summed E-state index contributed by atoms with van der Waals surface area (Å²) in [4.78, 5) is 24.9. The van der Waals surface area contributed by atoms with E-state index in [1.165, 1.54) is 89.9 Å². The average Bonchev–Trinajstić information content (AvgIpc) is 2.70. The molecule has 0 unspecified atom stereocenters. The Morgan fingerprint density at radius 1 is 0.690 bits per heavy atom. The molecule has 0 saturated carbocycles. The molecular formula is C25H47NO3. The molecule has 0 aromatic rings. The highest BCUT2D eigenvalue weighted by Crippen LogP contribution is 2.14. The standard InChI is InChI=1S/C25H47NO3/c1-5-7-8-9-10-11-12-13-14-15-16-17-18-19-20-21-22-26(6-2)25(28)29-24(27)23(3)4/h3,5-22H2,1-2,4H3. The lowest BCUT2D eigenvalue weighted by atomic mass is 10.0. The average molecular weight is 410 g/mol. The molecule has 29 heavy (non-hydrogen) atoms. The normalized spacial score (nSPS) is 10.7. The predicted molar refractivity (Wildman–Crippen MR) is 123 cm³/mol. The number of amides is 1. The minimum atomic E-state index is -0.638. The molecule has 0 saturated heterocycles. The third-order valence-corrected chi connectivity index (χ3v) is 5.45. The summed E-state index contributed by atoms with van der Waals surface area (Å²) in [6, 6.07) is 0. The maximum atomic E-state index is 11.9. The number of hydrogen-bond acceptors (Lipinski definition) is 3. The van der Waals surface area contributed by atoms with Crippen LogP contribution in [-0.2, 0) is 9.53 Å². The van der Waals surface area contributed by atoms with Crippen molar-refractivity contribution in [3.05, 3.63) is 12.2 Å². The molecule has 4 nitrogen and oxygen atoms in total. The van der Waals surface area contributed by atoms with E-state index in [0.717, 1.165) is 12.8 Å². The fourth-order valence-electron chi connectivity index (χ4n) is 3.46. The minimum Gasteiger partial charge on any atom is -0.373 e.